The van der Waals surface area contributed by atoms with E-state index in [-0.39, 0.29) is 12.1 Å². The maximum absolute atomic E-state index is 5.96. The first-order chi connectivity index (χ1) is 14.5. The Morgan fingerprint density at radius 2 is 2.17 bits per heavy atom. The van der Waals surface area contributed by atoms with Gasteiger partial charge in [-0.1, -0.05) is 41.9 Å². The molecule has 3 rings (SSSR count). The second-order valence-corrected chi connectivity index (χ2v) is 8.45. The lowest BCUT2D eigenvalue weighted by Crippen LogP contribution is -2.28. The molecule has 3 atom stereocenters. The summed E-state index contributed by atoms with van der Waals surface area (Å²) in [6.45, 7) is 11.6. The summed E-state index contributed by atoms with van der Waals surface area (Å²) < 4.78 is 7.01. The topological polar surface area (TPSA) is 37.0 Å². The van der Waals surface area contributed by atoms with E-state index in [4.69, 9.17) is 16.3 Å². The van der Waals surface area contributed by atoms with Crippen molar-refractivity contribution in [2.24, 2.45) is 5.92 Å². The maximum Gasteiger partial charge on any atom is 0.0824 e. The number of halogens is 2. The molecule has 1 fully saturated rings. The first-order valence-electron chi connectivity index (χ1n) is 10.3. The molecule has 0 spiro atoms. The Bertz CT molecular complexity index is 827. The van der Waals surface area contributed by atoms with E-state index >= 15 is 0 Å². The number of aromatic nitrogens is 1. The molecule has 1 aromatic heterocycles. The number of rotatable bonds is 7. The van der Waals surface area contributed by atoms with Crippen LogP contribution < -0.4 is 5.32 Å². The van der Waals surface area contributed by atoms with Gasteiger partial charge in [0.15, 0.2) is 0 Å². The van der Waals surface area contributed by atoms with Crippen LogP contribution in [0.25, 0.3) is 10.9 Å². The van der Waals surface area contributed by atoms with E-state index in [9.17, 15) is 0 Å². The van der Waals surface area contributed by atoms with Crippen molar-refractivity contribution in [1.29, 1.82) is 0 Å². The maximum atomic E-state index is 5.96. The number of fused-ring (bicyclic) bond motifs is 1. The van der Waals surface area contributed by atoms with Crippen molar-refractivity contribution >= 4 is 38.4 Å². The Morgan fingerprint density at radius 3 is 2.73 bits per heavy atom. The molecule has 2 unspecified atom stereocenters. The molecule has 1 aliphatic heterocycles. The number of alkyl halides is 1. The van der Waals surface area contributed by atoms with Crippen LogP contribution in [0.5, 0.6) is 0 Å². The van der Waals surface area contributed by atoms with Gasteiger partial charge in [0.2, 0.25) is 0 Å². The van der Waals surface area contributed by atoms with Crippen molar-refractivity contribution in [1.82, 2.24) is 10.3 Å². The highest BCUT2D eigenvalue weighted by Crippen LogP contribution is 2.29. The number of ether oxygens (including phenoxy) is 1. The standard InChI is InChI=1S/C19H24BrClN2O.C4H8.C2H2/c1-12-6-8-24-19(12)14(5-7-21)10-22-13(2)17-11-23-18-4-3-15(20)9-16(17)18;1-3-4-2;1-2/h3-5,9,11-13,19,22-23H,6-8,10H2,1-2H3;3H,1,4H2,2H3;1-2H/b14-5+;;/t12?,13-,19?;;/m1../s1. The van der Waals surface area contributed by atoms with Gasteiger partial charge in [-0.05, 0) is 55.0 Å². The number of nitrogens with one attached hydrogen (secondary N) is 2. The fraction of sp³-hybridized carbons (Fsp3) is 0.440. The summed E-state index contributed by atoms with van der Waals surface area (Å²) in [4.78, 5) is 3.35. The molecule has 0 amide bonds. The lowest BCUT2D eigenvalue weighted by atomic mass is 9.96. The molecule has 0 aliphatic carbocycles. The Morgan fingerprint density at radius 1 is 1.47 bits per heavy atom. The highest BCUT2D eigenvalue weighted by Gasteiger charge is 2.27. The van der Waals surface area contributed by atoms with E-state index in [0.717, 1.165) is 36.0 Å². The second kappa shape index (κ2) is 14.5. The monoisotopic (exact) mass is 492 g/mol. The molecule has 1 aliphatic rings. The van der Waals surface area contributed by atoms with Crippen LogP contribution in [0.4, 0.5) is 0 Å². The summed E-state index contributed by atoms with van der Waals surface area (Å²) in [5.41, 5.74) is 3.70. The van der Waals surface area contributed by atoms with E-state index in [0.29, 0.717) is 11.8 Å². The minimum atomic E-state index is 0.195. The SMILES string of the molecule is C#C.C=CCC.CC1CCOC1/C(=C/CCl)CN[C@H](C)c1c[nH]c2ccc(Br)cc12. The molecule has 30 heavy (non-hydrogen) atoms. The van der Waals surface area contributed by atoms with Crippen LogP contribution in [-0.2, 0) is 4.74 Å². The third kappa shape index (κ3) is 7.63. The van der Waals surface area contributed by atoms with Gasteiger partial charge in [-0.25, -0.2) is 0 Å². The third-order valence-electron chi connectivity index (χ3n) is 5.14. The number of aromatic amines is 1. The molecule has 0 bridgehead atoms. The molecule has 2 heterocycles. The summed E-state index contributed by atoms with van der Waals surface area (Å²) in [5, 5.41) is 4.88. The van der Waals surface area contributed by atoms with Crippen LogP contribution in [-0.4, -0.2) is 30.1 Å². The molecule has 1 aromatic carbocycles. The fourth-order valence-corrected chi connectivity index (χ4v) is 3.97. The van der Waals surface area contributed by atoms with Crippen molar-refractivity contribution in [2.75, 3.05) is 19.0 Å². The summed E-state index contributed by atoms with van der Waals surface area (Å²) in [6, 6.07) is 6.56. The van der Waals surface area contributed by atoms with Gasteiger partial charge < -0.3 is 15.0 Å². The Labute approximate surface area is 195 Å². The molecular weight excluding hydrogens is 460 g/mol. The number of terminal acetylenes is 1. The molecule has 5 heteroatoms. The lowest BCUT2D eigenvalue weighted by Gasteiger charge is -2.21. The quantitative estimate of drug-likeness (QED) is 0.247. The van der Waals surface area contributed by atoms with Crippen LogP contribution in [0, 0.1) is 18.8 Å². The smallest absolute Gasteiger partial charge is 0.0824 e. The van der Waals surface area contributed by atoms with Gasteiger partial charge in [-0.15, -0.1) is 31.0 Å². The number of allylic oxidation sites excluding steroid dienone is 2. The van der Waals surface area contributed by atoms with Gasteiger partial charge >= 0.3 is 0 Å². The Balaban J connectivity index is 0.000000673. The van der Waals surface area contributed by atoms with E-state index in [1.165, 1.54) is 16.5 Å². The predicted octanol–water partition coefficient (Wildman–Crippen LogP) is 7.00. The average molecular weight is 494 g/mol. The minimum Gasteiger partial charge on any atom is -0.374 e. The highest BCUT2D eigenvalue weighted by molar-refractivity contribution is 9.10. The predicted molar refractivity (Wildman–Crippen MR) is 135 cm³/mol. The van der Waals surface area contributed by atoms with Crippen molar-refractivity contribution in [3.63, 3.8) is 0 Å². The molecule has 2 N–H and O–H groups in total. The zero-order chi connectivity index (χ0) is 22.5. The van der Waals surface area contributed by atoms with Gasteiger partial charge in [0.1, 0.15) is 0 Å². The largest absolute Gasteiger partial charge is 0.374 e. The first kappa shape index (κ1) is 26.5. The number of hydrogen-bond donors (Lipinski definition) is 2. The normalized spacial score (nSPS) is 19.4. The van der Waals surface area contributed by atoms with E-state index < -0.39 is 0 Å². The number of H-pyrrole nitrogens is 1. The lowest BCUT2D eigenvalue weighted by molar-refractivity contribution is 0.119. The third-order valence-corrected chi connectivity index (χ3v) is 5.78. The Kier molecular flexibility index (Phi) is 12.8. The van der Waals surface area contributed by atoms with Crippen molar-refractivity contribution in [3.8, 4) is 12.8 Å². The number of benzene rings is 1. The Hall–Kier alpha value is -1.51. The van der Waals surface area contributed by atoms with Crippen molar-refractivity contribution < 1.29 is 4.74 Å². The molecular formula is C25H34BrClN2O. The first-order valence-corrected chi connectivity index (χ1v) is 11.6. The zero-order valence-corrected chi connectivity index (χ0v) is 20.6. The molecule has 3 nitrogen and oxygen atoms in total. The highest BCUT2D eigenvalue weighted by atomic mass is 79.9. The van der Waals surface area contributed by atoms with Crippen molar-refractivity contribution in [3.05, 3.63) is 58.7 Å². The summed E-state index contributed by atoms with van der Waals surface area (Å²) >= 11 is 9.52. The van der Waals surface area contributed by atoms with Crippen LogP contribution >= 0.6 is 27.5 Å². The van der Waals surface area contributed by atoms with Crippen LogP contribution in [0.3, 0.4) is 0 Å². The van der Waals surface area contributed by atoms with Crippen molar-refractivity contribution in [2.45, 2.75) is 45.8 Å². The van der Waals surface area contributed by atoms with Crippen LogP contribution in [0.15, 0.2) is 53.2 Å². The molecule has 2 aromatic rings. The summed E-state index contributed by atoms with van der Waals surface area (Å²) in [5.74, 6) is 1.08. The average Bonchev–Trinajstić information content (AvgIpc) is 3.38. The number of hydrogen-bond acceptors (Lipinski definition) is 2. The summed E-state index contributed by atoms with van der Waals surface area (Å²) in [7, 11) is 0. The molecule has 0 radical (unpaired) electrons. The van der Waals surface area contributed by atoms with Gasteiger partial charge in [0, 0.05) is 46.6 Å². The van der Waals surface area contributed by atoms with E-state index in [1.54, 1.807) is 0 Å². The van der Waals surface area contributed by atoms with E-state index in [1.807, 2.05) is 6.08 Å². The molecule has 164 valence electrons. The van der Waals surface area contributed by atoms with Crippen LogP contribution in [0.2, 0.25) is 0 Å². The molecule has 1 saturated heterocycles. The minimum absolute atomic E-state index is 0.195. The van der Waals surface area contributed by atoms with Gasteiger partial charge in [0.05, 0.1) is 6.10 Å². The van der Waals surface area contributed by atoms with Crippen LogP contribution in [0.1, 0.15) is 45.2 Å². The van der Waals surface area contributed by atoms with E-state index in [2.05, 4.69) is 96.9 Å². The summed E-state index contributed by atoms with van der Waals surface area (Å²) in [6.07, 6.45) is 16.5. The van der Waals surface area contributed by atoms with Gasteiger partial charge in [-0.2, -0.15) is 0 Å². The van der Waals surface area contributed by atoms with Gasteiger partial charge in [0.25, 0.3) is 0 Å². The molecule has 0 saturated carbocycles. The fourth-order valence-electron chi connectivity index (χ4n) is 3.41. The zero-order valence-electron chi connectivity index (χ0n) is 18.3. The second-order valence-electron chi connectivity index (χ2n) is 7.22. The van der Waals surface area contributed by atoms with Gasteiger partial charge in [-0.3, -0.25) is 0 Å².